The highest BCUT2D eigenvalue weighted by molar-refractivity contribution is 6.16. The largest absolute Gasteiger partial charge is 0.254 e. The lowest BCUT2D eigenvalue weighted by Gasteiger charge is -2.14. The van der Waals surface area contributed by atoms with E-state index in [0.29, 0.717) is 0 Å². The Morgan fingerprint density at radius 1 is 0.381 bits per heavy atom. The highest BCUT2D eigenvalue weighted by atomic mass is 14.8. The normalized spacial score (nSPS) is 11.8. The Morgan fingerprint density at radius 2 is 1.00 bits per heavy atom. The zero-order valence-electron chi connectivity index (χ0n) is 22.5. The van der Waals surface area contributed by atoms with E-state index in [1.165, 1.54) is 21.9 Å². The molecule has 0 aliphatic heterocycles. The van der Waals surface area contributed by atoms with Gasteiger partial charge in [-0.2, -0.15) is 0 Å². The minimum absolute atomic E-state index is 0.812. The molecule has 0 N–H and O–H groups in total. The lowest BCUT2D eigenvalue weighted by atomic mass is 9.93. The fourth-order valence-electron chi connectivity index (χ4n) is 6.20. The van der Waals surface area contributed by atoms with Gasteiger partial charge in [0.05, 0.1) is 39.0 Å². The van der Waals surface area contributed by atoms with E-state index in [4.69, 9.17) is 15.0 Å². The Morgan fingerprint density at radius 3 is 1.83 bits per heavy atom. The molecular weight excluding hydrogens is 512 g/mol. The molecule has 0 saturated carbocycles. The first-order valence-electron chi connectivity index (χ1n) is 14.1. The van der Waals surface area contributed by atoms with Crippen molar-refractivity contribution < 1.29 is 0 Å². The number of benzene rings is 5. The molecule has 4 heterocycles. The van der Waals surface area contributed by atoms with Gasteiger partial charge < -0.3 is 0 Å². The van der Waals surface area contributed by atoms with Gasteiger partial charge in [0.1, 0.15) is 0 Å². The molecule has 42 heavy (non-hydrogen) atoms. The number of hydrogen-bond acceptors (Lipinski definition) is 4. The molecule has 0 saturated heterocycles. The fraction of sp³-hybridized carbons (Fsp3) is 0. The van der Waals surface area contributed by atoms with Crippen molar-refractivity contribution >= 4 is 65.3 Å². The SMILES string of the molecule is c1ccc2cc(-c3c4ccccc4nc4c3ccc3ccc(-c5ccc6ccc7cccnc7c6n5)nc34)ccc2c1. The quantitative estimate of drug-likeness (QED) is 0.164. The van der Waals surface area contributed by atoms with Crippen molar-refractivity contribution in [1.82, 2.24) is 19.9 Å². The van der Waals surface area contributed by atoms with Gasteiger partial charge >= 0.3 is 0 Å². The first kappa shape index (κ1) is 23.0. The number of rotatable bonds is 2. The third-order valence-corrected chi connectivity index (χ3v) is 8.24. The third kappa shape index (κ3) is 3.49. The summed E-state index contributed by atoms with van der Waals surface area (Å²) in [6.45, 7) is 0. The number of pyridine rings is 4. The summed E-state index contributed by atoms with van der Waals surface area (Å²) >= 11 is 0. The van der Waals surface area contributed by atoms with Crippen LogP contribution in [0.5, 0.6) is 0 Å². The number of hydrogen-bond donors (Lipinski definition) is 0. The maximum absolute atomic E-state index is 5.21. The fourth-order valence-corrected chi connectivity index (χ4v) is 6.20. The summed E-state index contributed by atoms with van der Waals surface area (Å²) in [7, 11) is 0. The molecule has 0 radical (unpaired) electrons. The van der Waals surface area contributed by atoms with Crippen molar-refractivity contribution in [3.05, 3.63) is 134 Å². The Labute approximate surface area is 241 Å². The van der Waals surface area contributed by atoms with E-state index in [1.807, 2.05) is 30.5 Å². The van der Waals surface area contributed by atoms with E-state index in [1.54, 1.807) is 0 Å². The van der Waals surface area contributed by atoms with Gasteiger partial charge in [0.15, 0.2) is 0 Å². The topological polar surface area (TPSA) is 51.6 Å². The standard InChI is InChI=1S/C38H22N4/c1-2-7-27-22-28(14-11-23(27)6-1)34-29-9-3-4-10-31(29)40-38-30(34)18-15-26-17-20-33(42-37(26)38)32-19-16-25-13-12-24-8-5-21-39-35(24)36(25)41-32/h1-22H. The molecule has 0 amide bonds. The van der Waals surface area contributed by atoms with Crippen molar-refractivity contribution in [1.29, 1.82) is 0 Å². The van der Waals surface area contributed by atoms with Crippen molar-refractivity contribution in [2.24, 2.45) is 0 Å². The van der Waals surface area contributed by atoms with Crippen LogP contribution in [0.1, 0.15) is 0 Å². The van der Waals surface area contributed by atoms with Gasteiger partial charge in [-0.3, -0.25) is 4.98 Å². The predicted molar refractivity (Wildman–Crippen MR) is 174 cm³/mol. The summed E-state index contributed by atoms with van der Waals surface area (Å²) in [4.78, 5) is 20.1. The molecule has 0 unspecified atom stereocenters. The molecule has 4 aromatic heterocycles. The molecule has 0 spiro atoms. The zero-order chi connectivity index (χ0) is 27.6. The molecular formula is C38H22N4. The van der Waals surface area contributed by atoms with Crippen LogP contribution in [0.4, 0.5) is 0 Å². The summed E-state index contributed by atoms with van der Waals surface area (Å²) in [5.41, 5.74) is 8.47. The Hall–Kier alpha value is -5.74. The van der Waals surface area contributed by atoms with Gasteiger partial charge in [-0.25, -0.2) is 15.0 Å². The number of fused-ring (bicyclic) bond motifs is 8. The van der Waals surface area contributed by atoms with E-state index in [-0.39, 0.29) is 0 Å². The van der Waals surface area contributed by atoms with Gasteiger partial charge in [0, 0.05) is 38.7 Å². The second-order valence-electron chi connectivity index (χ2n) is 10.7. The second-order valence-corrected chi connectivity index (χ2v) is 10.7. The smallest absolute Gasteiger partial charge is 0.0978 e. The van der Waals surface area contributed by atoms with E-state index >= 15 is 0 Å². The van der Waals surface area contributed by atoms with E-state index in [2.05, 4.69) is 108 Å². The first-order valence-corrected chi connectivity index (χ1v) is 14.1. The molecule has 0 bridgehead atoms. The monoisotopic (exact) mass is 534 g/mol. The average Bonchev–Trinajstić information content (AvgIpc) is 3.06. The van der Waals surface area contributed by atoms with E-state index in [0.717, 1.165) is 65.9 Å². The molecule has 0 atom stereocenters. The summed E-state index contributed by atoms with van der Waals surface area (Å²) in [6, 6.07) is 44.5. The van der Waals surface area contributed by atoms with E-state index < -0.39 is 0 Å². The highest BCUT2D eigenvalue weighted by Gasteiger charge is 2.16. The third-order valence-electron chi connectivity index (χ3n) is 8.24. The van der Waals surface area contributed by atoms with Crippen molar-refractivity contribution in [2.45, 2.75) is 0 Å². The molecule has 9 aromatic rings. The molecule has 194 valence electrons. The summed E-state index contributed by atoms with van der Waals surface area (Å²) < 4.78 is 0. The minimum atomic E-state index is 0.812. The lowest BCUT2D eigenvalue weighted by molar-refractivity contribution is 1.31. The van der Waals surface area contributed by atoms with Crippen LogP contribution in [0.3, 0.4) is 0 Å². The summed E-state index contributed by atoms with van der Waals surface area (Å²) in [6.07, 6.45) is 1.82. The Kier molecular flexibility index (Phi) is 4.87. The number of aromatic nitrogens is 4. The van der Waals surface area contributed by atoms with Gasteiger partial charge in [-0.05, 0) is 46.7 Å². The average molecular weight is 535 g/mol. The summed E-state index contributed by atoms with van der Waals surface area (Å²) in [5, 5.41) is 7.84. The van der Waals surface area contributed by atoms with Crippen LogP contribution in [0.2, 0.25) is 0 Å². The van der Waals surface area contributed by atoms with Crippen LogP contribution in [0.25, 0.3) is 87.8 Å². The number of nitrogens with zero attached hydrogens (tertiary/aromatic N) is 4. The maximum atomic E-state index is 5.21. The Bertz CT molecular complexity index is 2530. The van der Waals surface area contributed by atoms with Crippen LogP contribution in [-0.4, -0.2) is 19.9 Å². The lowest BCUT2D eigenvalue weighted by Crippen LogP contribution is -1.94. The van der Waals surface area contributed by atoms with E-state index in [9.17, 15) is 0 Å². The maximum Gasteiger partial charge on any atom is 0.0978 e. The molecule has 0 fully saturated rings. The molecule has 5 aromatic carbocycles. The summed E-state index contributed by atoms with van der Waals surface area (Å²) in [5.74, 6) is 0. The van der Waals surface area contributed by atoms with Crippen molar-refractivity contribution in [3.63, 3.8) is 0 Å². The van der Waals surface area contributed by atoms with Crippen LogP contribution in [0, 0.1) is 0 Å². The Balaban J connectivity index is 1.32. The minimum Gasteiger partial charge on any atom is -0.254 e. The predicted octanol–water partition coefficient (Wildman–Crippen LogP) is 9.52. The van der Waals surface area contributed by atoms with Gasteiger partial charge in [-0.1, -0.05) is 97.1 Å². The highest BCUT2D eigenvalue weighted by Crippen LogP contribution is 2.38. The van der Waals surface area contributed by atoms with Crippen LogP contribution < -0.4 is 0 Å². The molecule has 4 heteroatoms. The van der Waals surface area contributed by atoms with Crippen LogP contribution >= 0.6 is 0 Å². The van der Waals surface area contributed by atoms with Crippen molar-refractivity contribution in [2.75, 3.05) is 0 Å². The first-order chi connectivity index (χ1) is 20.8. The number of para-hydroxylation sites is 1. The molecule has 0 aliphatic carbocycles. The van der Waals surface area contributed by atoms with Gasteiger partial charge in [0.25, 0.3) is 0 Å². The van der Waals surface area contributed by atoms with Gasteiger partial charge in [0.2, 0.25) is 0 Å². The second kappa shape index (κ2) is 8.88. The molecule has 0 aliphatic rings. The van der Waals surface area contributed by atoms with Crippen LogP contribution in [0.15, 0.2) is 134 Å². The molecule has 4 nitrogen and oxygen atoms in total. The molecule has 9 rings (SSSR count). The van der Waals surface area contributed by atoms with Gasteiger partial charge in [-0.15, -0.1) is 0 Å². The van der Waals surface area contributed by atoms with Crippen molar-refractivity contribution in [3.8, 4) is 22.5 Å². The zero-order valence-corrected chi connectivity index (χ0v) is 22.5. The van der Waals surface area contributed by atoms with Crippen LogP contribution in [-0.2, 0) is 0 Å².